The molecule has 21 heavy (non-hydrogen) atoms. The second-order valence-corrected chi connectivity index (χ2v) is 6.87. The molecule has 3 nitrogen and oxygen atoms in total. The minimum Gasteiger partial charge on any atom is -0.316 e. The van der Waals surface area contributed by atoms with Crippen LogP contribution in [0.3, 0.4) is 0 Å². The van der Waals surface area contributed by atoms with Crippen LogP contribution in [0.4, 0.5) is 0 Å². The molecule has 0 spiro atoms. The molecule has 0 saturated heterocycles. The van der Waals surface area contributed by atoms with E-state index < -0.39 is 0 Å². The highest BCUT2D eigenvalue weighted by Crippen LogP contribution is 2.23. The van der Waals surface area contributed by atoms with Crippen molar-refractivity contribution in [3.05, 3.63) is 57.8 Å². The lowest BCUT2D eigenvalue weighted by Gasteiger charge is -2.17. The smallest absolute Gasteiger partial charge is 0.193 e. The van der Waals surface area contributed by atoms with Crippen molar-refractivity contribution in [2.75, 3.05) is 13.1 Å². The van der Waals surface area contributed by atoms with Gasteiger partial charge >= 0.3 is 0 Å². The molecule has 2 heterocycles. The van der Waals surface area contributed by atoms with Crippen LogP contribution in [0.1, 0.15) is 24.1 Å². The lowest BCUT2D eigenvalue weighted by molar-refractivity contribution is 0.590. The molecule has 0 amide bonds. The second-order valence-electron chi connectivity index (χ2n) is 5.09. The van der Waals surface area contributed by atoms with Gasteiger partial charge in [0.15, 0.2) is 4.96 Å². The summed E-state index contributed by atoms with van der Waals surface area (Å²) in [6.45, 7) is 4.11. The van der Waals surface area contributed by atoms with E-state index in [4.69, 9.17) is 4.98 Å². The molecular formula is C16H18BrN3S. The molecule has 2 aromatic heterocycles. The number of thiazole rings is 1. The van der Waals surface area contributed by atoms with Gasteiger partial charge in [-0.2, -0.15) is 0 Å². The quantitative estimate of drug-likeness (QED) is 0.714. The predicted molar refractivity (Wildman–Crippen MR) is 92.2 cm³/mol. The number of halogens is 1. The number of imidazole rings is 1. The summed E-state index contributed by atoms with van der Waals surface area (Å²) in [5.41, 5.74) is 2.52. The maximum absolute atomic E-state index is 4.71. The molecular weight excluding hydrogens is 346 g/mol. The summed E-state index contributed by atoms with van der Waals surface area (Å²) < 4.78 is 3.22. The Morgan fingerprint density at radius 3 is 2.86 bits per heavy atom. The van der Waals surface area contributed by atoms with E-state index in [1.54, 1.807) is 11.3 Å². The lowest BCUT2D eigenvalue weighted by Crippen LogP contribution is -2.22. The first kappa shape index (κ1) is 14.8. The van der Waals surface area contributed by atoms with Crippen LogP contribution in [0.25, 0.3) is 4.96 Å². The molecule has 0 bridgehead atoms. The van der Waals surface area contributed by atoms with E-state index in [2.05, 4.69) is 74.6 Å². The third-order valence-corrected chi connectivity index (χ3v) is 4.88. The highest BCUT2D eigenvalue weighted by Gasteiger charge is 2.14. The van der Waals surface area contributed by atoms with Crippen molar-refractivity contribution < 1.29 is 0 Å². The normalized spacial score (nSPS) is 12.9. The summed E-state index contributed by atoms with van der Waals surface area (Å²) in [5.74, 6) is 0.447. The van der Waals surface area contributed by atoms with E-state index in [-0.39, 0.29) is 0 Å². The topological polar surface area (TPSA) is 29.3 Å². The van der Waals surface area contributed by atoms with Gasteiger partial charge in [-0.25, -0.2) is 4.98 Å². The van der Waals surface area contributed by atoms with Gasteiger partial charge in [-0.3, -0.25) is 4.40 Å². The van der Waals surface area contributed by atoms with E-state index in [0.29, 0.717) is 5.92 Å². The zero-order valence-corrected chi connectivity index (χ0v) is 14.3. The van der Waals surface area contributed by atoms with E-state index in [0.717, 1.165) is 34.6 Å². The van der Waals surface area contributed by atoms with Gasteiger partial charge in [0, 0.05) is 34.7 Å². The van der Waals surface area contributed by atoms with Crippen LogP contribution in [0.5, 0.6) is 0 Å². The van der Waals surface area contributed by atoms with Crippen molar-refractivity contribution in [2.24, 2.45) is 0 Å². The molecule has 0 aliphatic heterocycles. The maximum atomic E-state index is 4.71. The van der Waals surface area contributed by atoms with Gasteiger partial charge in [0.2, 0.25) is 0 Å². The molecule has 0 radical (unpaired) electrons. The van der Waals surface area contributed by atoms with Crippen LogP contribution >= 0.6 is 27.3 Å². The number of nitrogens with zero attached hydrogens (tertiary/aromatic N) is 2. The summed E-state index contributed by atoms with van der Waals surface area (Å²) in [7, 11) is 0. The number of likely N-dealkylation sites (N-methyl/N-ethyl adjacent to an activating group) is 1. The van der Waals surface area contributed by atoms with Crippen LogP contribution in [0, 0.1) is 0 Å². The minimum atomic E-state index is 0.447. The highest BCUT2D eigenvalue weighted by molar-refractivity contribution is 9.10. The lowest BCUT2D eigenvalue weighted by atomic mass is 9.94. The molecule has 1 aromatic carbocycles. The van der Waals surface area contributed by atoms with Gasteiger partial charge in [0.05, 0.1) is 5.69 Å². The molecule has 1 atom stereocenters. The first-order chi connectivity index (χ1) is 10.3. The Labute approximate surface area is 137 Å². The monoisotopic (exact) mass is 363 g/mol. The van der Waals surface area contributed by atoms with E-state index in [9.17, 15) is 0 Å². The summed E-state index contributed by atoms with van der Waals surface area (Å²) in [6.07, 6.45) is 5.17. The van der Waals surface area contributed by atoms with Gasteiger partial charge in [0.1, 0.15) is 0 Å². The Morgan fingerprint density at radius 2 is 2.14 bits per heavy atom. The third kappa shape index (κ3) is 3.54. The summed E-state index contributed by atoms with van der Waals surface area (Å²) >= 11 is 5.18. The number of fused-ring (bicyclic) bond motifs is 1. The Bertz CT molecular complexity index is 673. The van der Waals surface area contributed by atoms with Gasteiger partial charge in [-0.1, -0.05) is 35.0 Å². The van der Waals surface area contributed by atoms with Crippen LogP contribution < -0.4 is 5.32 Å². The Morgan fingerprint density at radius 1 is 1.33 bits per heavy atom. The number of nitrogens with one attached hydrogen (secondary N) is 1. The van der Waals surface area contributed by atoms with Crippen LogP contribution in [0.2, 0.25) is 0 Å². The molecule has 1 unspecified atom stereocenters. The Kier molecular flexibility index (Phi) is 4.73. The zero-order valence-electron chi connectivity index (χ0n) is 11.9. The Hall–Kier alpha value is -1.17. The molecule has 1 N–H and O–H groups in total. The highest BCUT2D eigenvalue weighted by atomic mass is 79.9. The number of rotatable bonds is 6. The van der Waals surface area contributed by atoms with Gasteiger partial charge in [-0.15, -0.1) is 11.3 Å². The predicted octanol–water partition coefficient (Wildman–Crippen LogP) is 4.09. The number of benzene rings is 1. The average molecular weight is 364 g/mol. The summed E-state index contributed by atoms with van der Waals surface area (Å²) in [5, 5.41) is 5.53. The SMILES string of the molecule is CCNCC(Cc1cn2ccsc2n1)c1ccc(Br)cc1. The van der Waals surface area contributed by atoms with Gasteiger partial charge < -0.3 is 5.32 Å². The van der Waals surface area contributed by atoms with E-state index >= 15 is 0 Å². The molecule has 5 heteroatoms. The molecule has 0 saturated carbocycles. The number of hydrogen-bond acceptors (Lipinski definition) is 3. The maximum Gasteiger partial charge on any atom is 0.193 e. The Balaban J connectivity index is 1.81. The van der Waals surface area contributed by atoms with Crippen LogP contribution in [-0.4, -0.2) is 22.5 Å². The molecule has 3 rings (SSSR count). The van der Waals surface area contributed by atoms with Gasteiger partial charge in [-0.05, 0) is 30.7 Å². The largest absolute Gasteiger partial charge is 0.316 e. The van der Waals surface area contributed by atoms with Gasteiger partial charge in [0.25, 0.3) is 0 Å². The minimum absolute atomic E-state index is 0.447. The van der Waals surface area contributed by atoms with Crippen molar-refractivity contribution in [2.45, 2.75) is 19.3 Å². The molecule has 0 fully saturated rings. The van der Waals surface area contributed by atoms with Crippen LogP contribution in [-0.2, 0) is 6.42 Å². The summed E-state index contributed by atoms with van der Waals surface area (Å²) in [6, 6.07) is 8.62. The first-order valence-electron chi connectivity index (χ1n) is 7.13. The first-order valence-corrected chi connectivity index (χ1v) is 8.80. The van der Waals surface area contributed by atoms with E-state index in [1.165, 1.54) is 5.56 Å². The van der Waals surface area contributed by atoms with E-state index in [1.807, 2.05) is 0 Å². The third-order valence-electron chi connectivity index (χ3n) is 3.58. The van der Waals surface area contributed by atoms with Crippen LogP contribution in [0.15, 0.2) is 46.5 Å². The van der Waals surface area contributed by atoms with Crippen molar-refractivity contribution >= 4 is 32.2 Å². The second kappa shape index (κ2) is 6.73. The zero-order chi connectivity index (χ0) is 14.7. The average Bonchev–Trinajstić information content (AvgIpc) is 3.05. The fourth-order valence-electron chi connectivity index (χ4n) is 2.49. The van der Waals surface area contributed by atoms with Crippen molar-refractivity contribution in [3.8, 4) is 0 Å². The molecule has 3 aromatic rings. The molecule has 0 aliphatic rings. The standard InChI is InChI=1S/C16H18BrN3S/c1-2-18-10-13(12-3-5-14(17)6-4-12)9-15-11-20-7-8-21-16(20)19-15/h3-8,11,13,18H,2,9-10H2,1H3. The molecule has 0 aliphatic carbocycles. The number of aromatic nitrogens is 2. The fourth-order valence-corrected chi connectivity index (χ4v) is 3.47. The van der Waals surface area contributed by atoms with Crippen molar-refractivity contribution in [3.63, 3.8) is 0 Å². The van der Waals surface area contributed by atoms with Crippen molar-refractivity contribution in [1.29, 1.82) is 0 Å². The number of hydrogen-bond donors (Lipinski definition) is 1. The fraction of sp³-hybridized carbons (Fsp3) is 0.312. The summed E-state index contributed by atoms with van der Waals surface area (Å²) in [4.78, 5) is 5.78. The van der Waals surface area contributed by atoms with Crippen molar-refractivity contribution in [1.82, 2.24) is 14.7 Å². The molecule has 110 valence electrons.